The molecule has 1 saturated carbocycles. The molecule has 0 aromatic heterocycles. The van der Waals surface area contributed by atoms with Crippen LogP contribution in [0.4, 0.5) is 0 Å². The maximum atomic E-state index is 11.5. The van der Waals surface area contributed by atoms with Gasteiger partial charge in [-0.2, -0.15) is 0 Å². The van der Waals surface area contributed by atoms with Crippen molar-refractivity contribution in [3.05, 3.63) is 0 Å². The first-order valence-corrected chi connectivity index (χ1v) is 5.65. The van der Waals surface area contributed by atoms with Gasteiger partial charge in [0.05, 0.1) is 6.61 Å². The summed E-state index contributed by atoms with van der Waals surface area (Å²) in [6, 6.07) is 0.388. The maximum Gasteiger partial charge on any atom is 0.249 e. The molecule has 1 aliphatic carbocycles. The normalized spacial score (nSPS) is 21.9. The van der Waals surface area contributed by atoms with E-state index in [9.17, 15) is 4.79 Å². The Balaban J connectivity index is 2.21. The van der Waals surface area contributed by atoms with Crippen LogP contribution in [0.5, 0.6) is 0 Å². The molecule has 0 radical (unpaired) electrons. The fraction of sp³-hybridized carbons (Fsp3) is 0.909. The van der Waals surface area contributed by atoms with Crippen molar-refractivity contribution in [1.82, 2.24) is 5.32 Å². The summed E-state index contributed by atoms with van der Waals surface area (Å²) in [4.78, 5) is 11.5. The number of carbonyl (C=O) groups is 1. The molecule has 0 bridgehead atoms. The molecular formula is C11H22N2O2. The van der Waals surface area contributed by atoms with E-state index in [1.165, 1.54) is 0 Å². The minimum atomic E-state index is -0.403. The second kappa shape index (κ2) is 4.94. The highest BCUT2D eigenvalue weighted by Gasteiger charge is 2.27. The van der Waals surface area contributed by atoms with Gasteiger partial charge in [-0.1, -0.05) is 6.92 Å². The van der Waals surface area contributed by atoms with E-state index < -0.39 is 6.10 Å². The summed E-state index contributed by atoms with van der Waals surface area (Å²) >= 11 is 0. The molecule has 0 heterocycles. The number of ether oxygens (including phenoxy) is 1. The summed E-state index contributed by atoms with van der Waals surface area (Å²) < 4.78 is 5.45. The van der Waals surface area contributed by atoms with E-state index in [-0.39, 0.29) is 11.4 Å². The van der Waals surface area contributed by atoms with Crippen molar-refractivity contribution in [2.75, 3.05) is 6.61 Å². The van der Waals surface area contributed by atoms with Crippen molar-refractivity contribution in [3.8, 4) is 0 Å². The Morgan fingerprint density at radius 1 is 1.67 bits per heavy atom. The molecule has 2 unspecified atom stereocenters. The summed E-state index contributed by atoms with van der Waals surface area (Å²) in [5.41, 5.74) is 5.58. The van der Waals surface area contributed by atoms with Gasteiger partial charge in [0.2, 0.25) is 5.91 Å². The first-order chi connectivity index (χ1) is 6.94. The Bertz CT molecular complexity index is 225. The van der Waals surface area contributed by atoms with Gasteiger partial charge in [-0.05, 0) is 33.1 Å². The van der Waals surface area contributed by atoms with E-state index in [0.717, 1.165) is 19.3 Å². The molecule has 2 atom stereocenters. The van der Waals surface area contributed by atoms with Gasteiger partial charge >= 0.3 is 0 Å². The van der Waals surface area contributed by atoms with Gasteiger partial charge in [-0.25, -0.2) is 0 Å². The summed E-state index contributed by atoms with van der Waals surface area (Å²) in [5.74, 6) is -0.0237. The second-order valence-electron chi connectivity index (χ2n) is 4.74. The number of nitrogens with two attached hydrogens (primary N) is 1. The van der Waals surface area contributed by atoms with Crippen LogP contribution in [-0.2, 0) is 9.53 Å². The predicted octanol–water partition coefficient (Wildman–Crippen LogP) is 0.797. The van der Waals surface area contributed by atoms with Crippen LogP contribution in [0.3, 0.4) is 0 Å². The van der Waals surface area contributed by atoms with Crippen molar-refractivity contribution in [3.63, 3.8) is 0 Å². The molecule has 15 heavy (non-hydrogen) atoms. The third kappa shape index (κ3) is 4.62. The fourth-order valence-corrected chi connectivity index (χ4v) is 1.04. The molecule has 3 N–H and O–H groups in total. The number of hydrogen-bond donors (Lipinski definition) is 2. The topological polar surface area (TPSA) is 64.3 Å². The first kappa shape index (κ1) is 12.5. The van der Waals surface area contributed by atoms with Crippen molar-refractivity contribution < 1.29 is 9.53 Å². The lowest BCUT2D eigenvalue weighted by Gasteiger charge is -2.24. The zero-order chi connectivity index (χ0) is 11.5. The largest absolute Gasteiger partial charge is 0.367 e. The maximum absolute atomic E-state index is 11.5. The number of hydrogen-bond acceptors (Lipinski definition) is 3. The SMILES string of the molecule is CCC(C)(N)COC(C)C(=O)NC1CC1. The van der Waals surface area contributed by atoms with E-state index in [4.69, 9.17) is 10.5 Å². The van der Waals surface area contributed by atoms with Gasteiger partial charge in [-0.15, -0.1) is 0 Å². The smallest absolute Gasteiger partial charge is 0.249 e. The lowest BCUT2D eigenvalue weighted by molar-refractivity contribution is -0.132. The Morgan fingerprint density at radius 3 is 2.73 bits per heavy atom. The minimum absolute atomic E-state index is 0.0237. The first-order valence-electron chi connectivity index (χ1n) is 5.65. The number of nitrogens with one attached hydrogen (secondary N) is 1. The van der Waals surface area contributed by atoms with Crippen molar-refractivity contribution in [2.45, 2.75) is 57.7 Å². The number of carbonyl (C=O) groups excluding carboxylic acids is 1. The molecule has 0 aromatic carbocycles. The van der Waals surface area contributed by atoms with Gasteiger partial charge in [0.15, 0.2) is 0 Å². The molecule has 0 aromatic rings. The highest BCUT2D eigenvalue weighted by Crippen LogP contribution is 2.19. The van der Waals surface area contributed by atoms with Crippen molar-refractivity contribution >= 4 is 5.91 Å². The molecule has 0 aliphatic heterocycles. The molecular weight excluding hydrogens is 192 g/mol. The zero-order valence-electron chi connectivity index (χ0n) is 9.88. The Morgan fingerprint density at radius 2 is 2.27 bits per heavy atom. The van der Waals surface area contributed by atoms with Crippen LogP contribution >= 0.6 is 0 Å². The lowest BCUT2D eigenvalue weighted by Crippen LogP contribution is -2.44. The Hall–Kier alpha value is -0.610. The highest BCUT2D eigenvalue weighted by molar-refractivity contribution is 5.80. The van der Waals surface area contributed by atoms with E-state index in [2.05, 4.69) is 5.32 Å². The van der Waals surface area contributed by atoms with Gasteiger partial charge in [0.1, 0.15) is 6.10 Å². The lowest BCUT2D eigenvalue weighted by atomic mass is 10.0. The summed E-state index contributed by atoms with van der Waals surface area (Å²) in [7, 11) is 0. The van der Waals surface area contributed by atoms with Gasteiger partial charge < -0.3 is 15.8 Å². The van der Waals surface area contributed by atoms with Crippen LogP contribution in [0.1, 0.15) is 40.0 Å². The van der Waals surface area contributed by atoms with Crippen molar-refractivity contribution in [1.29, 1.82) is 0 Å². The third-order valence-electron chi connectivity index (χ3n) is 2.76. The Kier molecular flexibility index (Phi) is 4.11. The standard InChI is InChI=1S/C11H22N2O2/c1-4-11(3,12)7-15-8(2)10(14)13-9-5-6-9/h8-9H,4-7,12H2,1-3H3,(H,13,14). The molecule has 1 rings (SSSR count). The van der Waals surface area contributed by atoms with Crippen LogP contribution in [0.25, 0.3) is 0 Å². The number of amides is 1. The van der Waals surface area contributed by atoms with Gasteiger partial charge in [0, 0.05) is 11.6 Å². The molecule has 1 amide bonds. The Labute approximate surface area is 91.5 Å². The molecule has 4 heteroatoms. The van der Waals surface area contributed by atoms with Crippen LogP contribution in [0.15, 0.2) is 0 Å². The summed E-state index contributed by atoms with van der Waals surface area (Å²) in [5, 5.41) is 2.90. The molecule has 4 nitrogen and oxygen atoms in total. The van der Waals surface area contributed by atoms with Crippen LogP contribution in [0.2, 0.25) is 0 Å². The average molecular weight is 214 g/mol. The molecule has 1 aliphatic rings. The van der Waals surface area contributed by atoms with E-state index >= 15 is 0 Å². The zero-order valence-corrected chi connectivity index (χ0v) is 9.88. The van der Waals surface area contributed by atoms with E-state index in [1.54, 1.807) is 6.92 Å². The monoisotopic (exact) mass is 214 g/mol. The van der Waals surface area contributed by atoms with Crippen LogP contribution < -0.4 is 11.1 Å². The second-order valence-corrected chi connectivity index (χ2v) is 4.74. The third-order valence-corrected chi connectivity index (χ3v) is 2.76. The molecule has 0 saturated heterocycles. The quantitative estimate of drug-likeness (QED) is 0.687. The molecule has 88 valence electrons. The number of rotatable bonds is 6. The summed E-state index contributed by atoms with van der Waals surface area (Å²) in [6.45, 7) is 6.13. The molecule has 1 fully saturated rings. The molecule has 0 spiro atoms. The van der Waals surface area contributed by atoms with Crippen LogP contribution in [-0.4, -0.2) is 30.2 Å². The summed E-state index contributed by atoms with van der Waals surface area (Å²) in [6.07, 6.45) is 2.63. The van der Waals surface area contributed by atoms with E-state index in [1.807, 2.05) is 13.8 Å². The highest BCUT2D eigenvalue weighted by atomic mass is 16.5. The predicted molar refractivity (Wildman–Crippen MR) is 59.5 cm³/mol. The van der Waals surface area contributed by atoms with E-state index in [0.29, 0.717) is 12.6 Å². The average Bonchev–Trinajstić information content (AvgIpc) is 2.98. The van der Waals surface area contributed by atoms with Crippen LogP contribution in [0, 0.1) is 0 Å². The van der Waals surface area contributed by atoms with Gasteiger partial charge in [-0.3, -0.25) is 4.79 Å². The minimum Gasteiger partial charge on any atom is -0.367 e. The van der Waals surface area contributed by atoms with Crippen molar-refractivity contribution in [2.24, 2.45) is 5.73 Å². The van der Waals surface area contributed by atoms with Gasteiger partial charge in [0.25, 0.3) is 0 Å². The fourth-order valence-electron chi connectivity index (χ4n) is 1.04.